The number of benzene rings is 2. The number of anilines is 1. The van der Waals surface area contributed by atoms with Gasteiger partial charge in [-0.05, 0) is 25.0 Å². The zero-order valence-electron chi connectivity index (χ0n) is 16.8. The number of rotatable bonds is 5. The molecular formula is C24H24N4O2. The van der Waals surface area contributed by atoms with Crippen LogP contribution in [0.5, 0.6) is 0 Å². The van der Waals surface area contributed by atoms with Gasteiger partial charge < -0.3 is 14.2 Å². The van der Waals surface area contributed by atoms with Crippen LogP contribution in [0.4, 0.5) is 5.69 Å². The van der Waals surface area contributed by atoms with Crippen molar-refractivity contribution in [2.24, 2.45) is 0 Å². The van der Waals surface area contributed by atoms with Crippen molar-refractivity contribution in [3.8, 4) is 6.07 Å². The van der Waals surface area contributed by atoms with E-state index in [0.717, 1.165) is 36.5 Å². The van der Waals surface area contributed by atoms with E-state index in [1.54, 1.807) is 12.5 Å². The molecule has 2 saturated heterocycles. The number of ether oxygens (including phenoxy) is 1. The van der Waals surface area contributed by atoms with E-state index in [1.165, 1.54) is 5.69 Å². The molecule has 2 bridgehead atoms. The molecule has 3 heterocycles. The number of esters is 1. The molecular weight excluding hydrogens is 376 g/mol. The van der Waals surface area contributed by atoms with Crippen molar-refractivity contribution < 1.29 is 9.53 Å². The van der Waals surface area contributed by atoms with E-state index in [-0.39, 0.29) is 12.1 Å². The zero-order chi connectivity index (χ0) is 20.5. The molecule has 1 aromatic heterocycles. The van der Waals surface area contributed by atoms with Crippen molar-refractivity contribution in [2.75, 3.05) is 4.90 Å². The Hall–Kier alpha value is -3.33. The first-order chi connectivity index (χ1) is 14.7. The molecule has 2 aliphatic rings. The van der Waals surface area contributed by atoms with Crippen LogP contribution in [0.25, 0.3) is 10.8 Å². The van der Waals surface area contributed by atoms with Gasteiger partial charge in [0.2, 0.25) is 0 Å². The second kappa shape index (κ2) is 7.83. The Morgan fingerprint density at radius 2 is 1.90 bits per heavy atom. The fourth-order valence-electron chi connectivity index (χ4n) is 5.11. The van der Waals surface area contributed by atoms with Crippen molar-refractivity contribution in [1.29, 1.82) is 5.26 Å². The smallest absolute Gasteiger partial charge is 0.307 e. The topological polar surface area (TPSA) is 71.2 Å². The van der Waals surface area contributed by atoms with Gasteiger partial charge in [0.25, 0.3) is 0 Å². The van der Waals surface area contributed by atoms with Gasteiger partial charge in [0.05, 0.1) is 24.4 Å². The highest BCUT2D eigenvalue weighted by molar-refractivity contribution is 5.98. The Morgan fingerprint density at radius 3 is 2.60 bits per heavy atom. The molecule has 6 nitrogen and oxygen atoms in total. The third-order valence-electron chi connectivity index (χ3n) is 6.42. The number of aromatic nitrogens is 2. The first-order valence-corrected chi connectivity index (χ1v) is 10.6. The number of fused-ring (bicyclic) bond motifs is 3. The van der Waals surface area contributed by atoms with Gasteiger partial charge in [-0.3, -0.25) is 4.79 Å². The molecule has 0 aliphatic carbocycles. The average Bonchev–Trinajstić information content (AvgIpc) is 3.37. The molecule has 0 radical (unpaired) electrons. The molecule has 0 N–H and O–H groups in total. The summed E-state index contributed by atoms with van der Waals surface area (Å²) in [6.45, 7) is 0.599. The summed E-state index contributed by atoms with van der Waals surface area (Å²) in [4.78, 5) is 18.9. The molecule has 1 unspecified atom stereocenters. The minimum atomic E-state index is -0.134. The fraction of sp³-hybridized carbons (Fsp3) is 0.375. The summed E-state index contributed by atoms with van der Waals surface area (Å²) in [6, 6.07) is 15.2. The second-order valence-corrected chi connectivity index (χ2v) is 8.22. The van der Waals surface area contributed by atoms with E-state index in [0.29, 0.717) is 30.6 Å². The van der Waals surface area contributed by atoms with Crippen LogP contribution in [-0.2, 0) is 16.1 Å². The fourth-order valence-corrected chi connectivity index (χ4v) is 5.11. The number of nitrogens with zero attached hydrogens (tertiary/aromatic N) is 4. The standard InChI is InChI=1S/C24H24N4O2/c25-15-17-5-8-23(22-4-2-1-3-21(17)22)28-18-6-7-19(28)14-20(13-18)30-24(29)9-11-27-12-10-26-16-27/h1-5,8,10,12,16,18-20H,6-7,9,11,13-14H2/t18-,19+,20?. The zero-order valence-corrected chi connectivity index (χ0v) is 16.8. The molecule has 0 saturated carbocycles. The van der Waals surface area contributed by atoms with Gasteiger partial charge in [0.1, 0.15) is 6.10 Å². The lowest BCUT2D eigenvalue weighted by Crippen LogP contribution is -2.46. The minimum absolute atomic E-state index is 0.0151. The molecule has 2 fully saturated rings. The minimum Gasteiger partial charge on any atom is -0.462 e. The predicted molar refractivity (Wildman–Crippen MR) is 114 cm³/mol. The molecule has 0 spiro atoms. The molecule has 2 aliphatic heterocycles. The number of carbonyl (C=O) groups excluding carboxylic acids is 1. The van der Waals surface area contributed by atoms with Crippen molar-refractivity contribution in [1.82, 2.24) is 9.55 Å². The number of aryl methyl sites for hydroxylation is 1. The van der Waals surface area contributed by atoms with E-state index < -0.39 is 0 Å². The van der Waals surface area contributed by atoms with Gasteiger partial charge in [0, 0.05) is 60.3 Å². The highest BCUT2D eigenvalue weighted by atomic mass is 16.5. The average molecular weight is 400 g/mol. The van der Waals surface area contributed by atoms with Crippen molar-refractivity contribution in [3.63, 3.8) is 0 Å². The molecule has 3 aromatic rings. The van der Waals surface area contributed by atoms with E-state index in [9.17, 15) is 10.1 Å². The van der Waals surface area contributed by atoms with Crippen LogP contribution in [0.15, 0.2) is 55.1 Å². The lowest BCUT2D eigenvalue weighted by atomic mass is 9.96. The Kier molecular flexibility index (Phi) is 4.88. The van der Waals surface area contributed by atoms with Gasteiger partial charge in [0.15, 0.2) is 0 Å². The quantitative estimate of drug-likeness (QED) is 0.605. The maximum absolute atomic E-state index is 12.3. The normalized spacial score (nSPS) is 22.8. The van der Waals surface area contributed by atoms with E-state index >= 15 is 0 Å². The van der Waals surface area contributed by atoms with E-state index in [4.69, 9.17) is 4.74 Å². The molecule has 0 amide bonds. The monoisotopic (exact) mass is 400 g/mol. The van der Waals surface area contributed by atoms with Crippen LogP contribution in [0.3, 0.4) is 0 Å². The molecule has 30 heavy (non-hydrogen) atoms. The lowest BCUT2D eigenvalue weighted by molar-refractivity contribution is -0.150. The van der Waals surface area contributed by atoms with Crippen LogP contribution in [0.2, 0.25) is 0 Å². The lowest BCUT2D eigenvalue weighted by Gasteiger charge is -2.40. The number of hydrogen-bond donors (Lipinski definition) is 0. The van der Waals surface area contributed by atoms with Crippen molar-refractivity contribution >= 4 is 22.4 Å². The highest BCUT2D eigenvalue weighted by Crippen LogP contribution is 2.43. The molecule has 152 valence electrons. The predicted octanol–water partition coefficient (Wildman–Crippen LogP) is 4.04. The number of imidazole rings is 1. The maximum atomic E-state index is 12.3. The second-order valence-electron chi connectivity index (χ2n) is 8.22. The molecule has 3 atom stereocenters. The Bertz CT molecular complexity index is 1090. The van der Waals surface area contributed by atoms with Crippen molar-refractivity contribution in [3.05, 3.63) is 60.7 Å². The van der Waals surface area contributed by atoms with E-state index in [2.05, 4.69) is 28.1 Å². The highest BCUT2D eigenvalue weighted by Gasteiger charge is 2.42. The van der Waals surface area contributed by atoms with Crippen LogP contribution < -0.4 is 4.90 Å². The van der Waals surface area contributed by atoms with E-state index in [1.807, 2.05) is 35.0 Å². The summed E-state index contributed by atoms with van der Waals surface area (Å²) >= 11 is 0. The van der Waals surface area contributed by atoms with Gasteiger partial charge >= 0.3 is 5.97 Å². The van der Waals surface area contributed by atoms with Crippen LogP contribution in [-0.4, -0.2) is 33.7 Å². The van der Waals surface area contributed by atoms with Gasteiger partial charge in [-0.2, -0.15) is 5.26 Å². The summed E-state index contributed by atoms with van der Waals surface area (Å²) < 4.78 is 7.73. The first-order valence-electron chi connectivity index (χ1n) is 10.6. The van der Waals surface area contributed by atoms with Crippen LogP contribution >= 0.6 is 0 Å². The summed E-state index contributed by atoms with van der Waals surface area (Å²) in [5.41, 5.74) is 1.91. The van der Waals surface area contributed by atoms with Gasteiger partial charge in [-0.25, -0.2) is 4.98 Å². The molecule has 2 aromatic carbocycles. The Balaban J connectivity index is 1.30. The first kappa shape index (κ1) is 18.7. The van der Waals surface area contributed by atoms with Crippen LogP contribution in [0, 0.1) is 11.3 Å². The number of carbonyl (C=O) groups is 1. The third kappa shape index (κ3) is 3.41. The van der Waals surface area contributed by atoms with Crippen LogP contribution in [0.1, 0.15) is 37.7 Å². The summed E-state index contributed by atoms with van der Waals surface area (Å²) in [5, 5.41) is 11.6. The molecule has 5 rings (SSSR count). The number of hydrogen-bond acceptors (Lipinski definition) is 5. The Labute approximate surface area is 175 Å². The Morgan fingerprint density at radius 1 is 1.13 bits per heavy atom. The summed E-state index contributed by atoms with van der Waals surface area (Å²) in [5.74, 6) is -0.134. The van der Waals surface area contributed by atoms with Gasteiger partial charge in [-0.15, -0.1) is 0 Å². The SMILES string of the molecule is N#Cc1ccc(N2[C@@H]3CC[C@H]2CC(OC(=O)CCn2ccnc2)C3)c2ccccc12. The largest absolute Gasteiger partial charge is 0.462 e. The molecule has 6 heteroatoms. The van der Waals surface area contributed by atoms with Crippen molar-refractivity contribution in [2.45, 2.75) is 56.8 Å². The van der Waals surface area contributed by atoms with Gasteiger partial charge in [-0.1, -0.05) is 24.3 Å². The summed E-state index contributed by atoms with van der Waals surface area (Å²) in [7, 11) is 0. The number of piperidine rings is 1. The maximum Gasteiger partial charge on any atom is 0.307 e. The summed E-state index contributed by atoms with van der Waals surface area (Å²) in [6.07, 6.45) is 9.59. The third-order valence-corrected chi connectivity index (χ3v) is 6.42. The number of nitriles is 1.